The van der Waals surface area contributed by atoms with Crippen molar-refractivity contribution in [2.75, 3.05) is 0 Å². The maximum Gasteiger partial charge on any atom is 0.320 e. The molecular formula is C12H16N2O3. The van der Waals surface area contributed by atoms with Crippen molar-refractivity contribution < 1.29 is 14.7 Å². The zero-order valence-electron chi connectivity index (χ0n) is 9.86. The van der Waals surface area contributed by atoms with E-state index >= 15 is 0 Å². The molecule has 5 heteroatoms. The quantitative estimate of drug-likeness (QED) is 0.700. The lowest BCUT2D eigenvalue weighted by atomic mass is 10.0. The molecular weight excluding hydrogens is 220 g/mol. The Morgan fingerprint density at radius 1 is 1.47 bits per heavy atom. The number of carboxylic acids is 1. The van der Waals surface area contributed by atoms with E-state index in [0.717, 1.165) is 11.1 Å². The summed E-state index contributed by atoms with van der Waals surface area (Å²) in [6, 6.07) is 4.50. The molecule has 0 aliphatic carbocycles. The van der Waals surface area contributed by atoms with Crippen LogP contribution in [0.2, 0.25) is 0 Å². The number of rotatable bonds is 5. The van der Waals surface area contributed by atoms with Crippen molar-refractivity contribution in [2.45, 2.75) is 26.4 Å². The first-order chi connectivity index (χ1) is 7.91. The second-order valence-electron chi connectivity index (χ2n) is 3.95. The van der Waals surface area contributed by atoms with Crippen molar-refractivity contribution >= 4 is 11.9 Å². The Hall–Kier alpha value is -1.88. The molecule has 5 nitrogen and oxygen atoms in total. The highest BCUT2D eigenvalue weighted by molar-refractivity contribution is 5.93. The number of nitrogens with one attached hydrogen (secondary N) is 1. The van der Waals surface area contributed by atoms with Gasteiger partial charge in [0.2, 0.25) is 5.91 Å². The van der Waals surface area contributed by atoms with Crippen LogP contribution < -0.4 is 11.1 Å². The third kappa shape index (κ3) is 3.57. The van der Waals surface area contributed by atoms with E-state index in [1.54, 1.807) is 25.1 Å². The van der Waals surface area contributed by atoms with Gasteiger partial charge >= 0.3 is 5.97 Å². The van der Waals surface area contributed by atoms with Crippen LogP contribution in [0.4, 0.5) is 0 Å². The Labute approximate surface area is 99.6 Å². The van der Waals surface area contributed by atoms with Gasteiger partial charge in [-0.05, 0) is 37.1 Å². The Kier molecular flexibility index (Phi) is 4.23. The average molecular weight is 236 g/mol. The maximum atomic E-state index is 10.9. The standard InChI is InChI=1S/C12H16N2O3/c1-7-5-9(11(13)15)3-4-10(7)6-14-8(2)12(16)17/h3-5,8,14H,6H2,1-2H3,(H2,13,15)(H,16,17)/t8-/m0/s1. The molecule has 1 aromatic carbocycles. The van der Waals surface area contributed by atoms with E-state index in [0.29, 0.717) is 12.1 Å². The molecule has 0 aromatic heterocycles. The molecule has 0 aliphatic heterocycles. The third-order valence-electron chi connectivity index (χ3n) is 2.60. The van der Waals surface area contributed by atoms with Crippen LogP contribution in [-0.4, -0.2) is 23.0 Å². The summed E-state index contributed by atoms with van der Waals surface area (Å²) >= 11 is 0. The van der Waals surface area contributed by atoms with E-state index in [-0.39, 0.29) is 0 Å². The van der Waals surface area contributed by atoms with Gasteiger partial charge in [0.1, 0.15) is 6.04 Å². The lowest BCUT2D eigenvalue weighted by Gasteiger charge is -2.11. The molecule has 4 N–H and O–H groups in total. The largest absolute Gasteiger partial charge is 0.480 e. The first-order valence-electron chi connectivity index (χ1n) is 5.27. The molecule has 0 aliphatic rings. The number of aryl methyl sites for hydroxylation is 1. The van der Waals surface area contributed by atoms with Crippen LogP contribution >= 0.6 is 0 Å². The van der Waals surface area contributed by atoms with Gasteiger partial charge in [-0.3, -0.25) is 9.59 Å². The third-order valence-corrected chi connectivity index (χ3v) is 2.60. The van der Waals surface area contributed by atoms with E-state index < -0.39 is 17.9 Å². The van der Waals surface area contributed by atoms with Crippen molar-refractivity contribution in [1.29, 1.82) is 0 Å². The molecule has 0 fully saturated rings. The summed E-state index contributed by atoms with van der Waals surface area (Å²) in [5.41, 5.74) is 7.47. The maximum absolute atomic E-state index is 10.9. The van der Waals surface area contributed by atoms with Gasteiger partial charge < -0.3 is 16.2 Å². The highest BCUT2D eigenvalue weighted by atomic mass is 16.4. The topological polar surface area (TPSA) is 92.4 Å². The lowest BCUT2D eigenvalue weighted by Crippen LogP contribution is -2.33. The number of nitrogens with two attached hydrogens (primary N) is 1. The molecule has 1 amide bonds. The van der Waals surface area contributed by atoms with Crippen molar-refractivity contribution in [3.63, 3.8) is 0 Å². The van der Waals surface area contributed by atoms with Gasteiger partial charge in [0.05, 0.1) is 0 Å². The summed E-state index contributed by atoms with van der Waals surface area (Å²) < 4.78 is 0. The molecule has 0 radical (unpaired) electrons. The summed E-state index contributed by atoms with van der Waals surface area (Å²) in [7, 11) is 0. The molecule has 0 bridgehead atoms. The summed E-state index contributed by atoms with van der Waals surface area (Å²) in [6.45, 7) is 3.88. The minimum atomic E-state index is -0.892. The van der Waals surface area contributed by atoms with Crippen molar-refractivity contribution in [2.24, 2.45) is 5.73 Å². The number of hydrogen-bond donors (Lipinski definition) is 3. The number of carbonyl (C=O) groups is 2. The van der Waals surface area contributed by atoms with Crippen molar-refractivity contribution in [1.82, 2.24) is 5.32 Å². The molecule has 1 rings (SSSR count). The van der Waals surface area contributed by atoms with Crippen LogP contribution in [0.5, 0.6) is 0 Å². The zero-order chi connectivity index (χ0) is 13.0. The molecule has 0 unspecified atom stereocenters. The van der Waals surface area contributed by atoms with Crippen LogP contribution in [0.15, 0.2) is 18.2 Å². The fourth-order valence-corrected chi connectivity index (χ4v) is 1.40. The first kappa shape index (κ1) is 13.2. The first-order valence-corrected chi connectivity index (χ1v) is 5.27. The number of primary amides is 1. The monoisotopic (exact) mass is 236 g/mol. The average Bonchev–Trinajstić information content (AvgIpc) is 2.26. The minimum absolute atomic E-state index is 0.443. The number of benzene rings is 1. The molecule has 1 aromatic rings. The van der Waals surface area contributed by atoms with E-state index in [2.05, 4.69) is 5.32 Å². The normalized spacial score (nSPS) is 12.1. The highest BCUT2D eigenvalue weighted by Gasteiger charge is 2.10. The lowest BCUT2D eigenvalue weighted by molar-refractivity contribution is -0.139. The van der Waals surface area contributed by atoms with Crippen LogP contribution in [0, 0.1) is 6.92 Å². The Morgan fingerprint density at radius 2 is 2.12 bits per heavy atom. The Bertz CT molecular complexity index is 443. The summed E-state index contributed by atoms with van der Waals surface area (Å²) in [6.07, 6.45) is 0. The minimum Gasteiger partial charge on any atom is -0.480 e. The molecule has 1 atom stereocenters. The molecule has 0 heterocycles. The molecule has 0 spiro atoms. The number of carboxylic acid groups (broad SMARTS) is 1. The van der Waals surface area contributed by atoms with Crippen LogP contribution in [0.1, 0.15) is 28.4 Å². The number of hydrogen-bond acceptors (Lipinski definition) is 3. The fraction of sp³-hybridized carbons (Fsp3) is 0.333. The van der Waals surface area contributed by atoms with Gasteiger partial charge in [-0.2, -0.15) is 0 Å². The Morgan fingerprint density at radius 3 is 2.59 bits per heavy atom. The zero-order valence-corrected chi connectivity index (χ0v) is 9.86. The van der Waals surface area contributed by atoms with Crippen molar-refractivity contribution in [3.05, 3.63) is 34.9 Å². The predicted octanol–water partition coefficient (Wildman–Crippen LogP) is 0.657. The van der Waals surface area contributed by atoms with Crippen LogP contribution in [0.25, 0.3) is 0 Å². The van der Waals surface area contributed by atoms with Crippen LogP contribution in [0.3, 0.4) is 0 Å². The van der Waals surface area contributed by atoms with E-state index in [1.165, 1.54) is 0 Å². The van der Waals surface area contributed by atoms with E-state index in [4.69, 9.17) is 10.8 Å². The van der Waals surface area contributed by atoms with Gasteiger partial charge in [-0.1, -0.05) is 6.07 Å². The van der Waals surface area contributed by atoms with E-state index in [1.807, 2.05) is 6.92 Å². The SMILES string of the molecule is Cc1cc(C(N)=O)ccc1CN[C@@H](C)C(=O)O. The molecule has 17 heavy (non-hydrogen) atoms. The Balaban J connectivity index is 2.73. The number of aliphatic carboxylic acids is 1. The number of amides is 1. The second-order valence-corrected chi connectivity index (χ2v) is 3.95. The molecule has 0 saturated heterocycles. The van der Waals surface area contributed by atoms with Gasteiger partial charge in [0.25, 0.3) is 0 Å². The highest BCUT2D eigenvalue weighted by Crippen LogP contribution is 2.10. The van der Waals surface area contributed by atoms with Crippen LogP contribution in [-0.2, 0) is 11.3 Å². The van der Waals surface area contributed by atoms with Gasteiger partial charge in [0, 0.05) is 12.1 Å². The summed E-state index contributed by atoms with van der Waals surface area (Å²) in [4.78, 5) is 21.6. The number of carbonyl (C=O) groups excluding carboxylic acids is 1. The molecule has 0 saturated carbocycles. The predicted molar refractivity (Wildman–Crippen MR) is 63.6 cm³/mol. The van der Waals surface area contributed by atoms with Gasteiger partial charge in [0.15, 0.2) is 0 Å². The van der Waals surface area contributed by atoms with Crippen molar-refractivity contribution in [3.8, 4) is 0 Å². The summed E-state index contributed by atoms with van der Waals surface area (Å²) in [5.74, 6) is -1.36. The summed E-state index contributed by atoms with van der Waals surface area (Å²) in [5, 5.41) is 11.6. The fourth-order valence-electron chi connectivity index (χ4n) is 1.40. The van der Waals surface area contributed by atoms with Gasteiger partial charge in [-0.25, -0.2) is 0 Å². The second kappa shape index (κ2) is 5.45. The smallest absolute Gasteiger partial charge is 0.320 e. The molecule has 92 valence electrons. The van der Waals surface area contributed by atoms with E-state index in [9.17, 15) is 9.59 Å². The van der Waals surface area contributed by atoms with Gasteiger partial charge in [-0.15, -0.1) is 0 Å².